The summed E-state index contributed by atoms with van der Waals surface area (Å²) in [5.41, 5.74) is 3.37. The van der Waals surface area contributed by atoms with Crippen LogP contribution < -0.4 is 14.5 Å². The number of aromatic amines is 1. The summed E-state index contributed by atoms with van der Waals surface area (Å²) in [4.78, 5) is 21.0. The van der Waals surface area contributed by atoms with Crippen molar-refractivity contribution in [3.63, 3.8) is 0 Å². The van der Waals surface area contributed by atoms with Crippen LogP contribution in [-0.4, -0.2) is 60.6 Å². The van der Waals surface area contributed by atoms with Crippen LogP contribution >= 0.6 is 0 Å². The maximum atomic E-state index is 13.1. The third kappa shape index (κ3) is 4.10. The highest BCUT2D eigenvalue weighted by Crippen LogP contribution is 2.34. The fourth-order valence-electron chi connectivity index (χ4n) is 5.50. The first-order valence-electron chi connectivity index (χ1n) is 12.1. The molecular weight excluding hydrogens is 462 g/mol. The van der Waals surface area contributed by atoms with Crippen LogP contribution in [0.3, 0.4) is 0 Å². The molecule has 0 aromatic carbocycles. The van der Waals surface area contributed by atoms with E-state index in [4.69, 9.17) is 0 Å². The Balaban J connectivity index is 1.14. The van der Waals surface area contributed by atoms with Crippen LogP contribution in [0.2, 0.25) is 0 Å². The van der Waals surface area contributed by atoms with E-state index in [1.807, 2.05) is 19.3 Å². The zero-order chi connectivity index (χ0) is 24.0. The first-order valence-corrected chi connectivity index (χ1v) is 13.6. The van der Waals surface area contributed by atoms with Crippen LogP contribution in [0.5, 0.6) is 0 Å². The summed E-state index contributed by atoms with van der Waals surface area (Å²) in [6.45, 7) is 1.69. The number of sulfonamides is 1. The molecule has 0 amide bonds. The number of nitrogens with one attached hydrogen (secondary N) is 2. The summed E-state index contributed by atoms with van der Waals surface area (Å²) in [5, 5.41) is 1.02. The van der Waals surface area contributed by atoms with Crippen LogP contribution in [0.15, 0.2) is 65.1 Å². The molecule has 2 atom stereocenters. The third-order valence-corrected chi connectivity index (χ3v) is 8.92. The smallest absolute Gasteiger partial charge is 0.242 e. The minimum atomic E-state index is -3.64. The van der Waals surface area contributed by atoms with Gasteiger partial charge in [-0.1, -0.05) is 17.7 Å². The number of H-pyrrole nitrogens is 1. The molecule has 0 spiro atoms. The van der Waals surface area contributed by atoms with Gasteiger partial charge in [0.15, 0.2) is 0 Å². The molecule has 1 saturated heterocycles. The second kappa shape index (κ2) is 8.76. The number of nitrogens with zero attached hydrogens (tertiary/aromatic N) is 5. The normalized spacial score (nSPS) is 22.3. The van der Waals surface area contributed by atoms with Crippen molar-refractivity contribution in [2.24, 2.45) is 0 Å². The predicted octanol–water partition coefficient (Wildman–Crippen LogP) is 3.16. The molecule has 3 aromatic rings. The van der Waals surface area contributed by atoms with Crippen molar-refractivity contribution in [1.82, 2.24) is 24.7 Å². The number of hydrogen-bond donors (Lipinski definition) is 2. The van der Waals surface area contributed by atoms with E-state index in [2.05, 4.69) is 46.6 Å². The Bertz CT molecular complexity index is 1410. The van der Waals surface area contributed by atoms with Crippen molar-refractivity contribution < 1.29 is 8.42 Å². The summed E-state index contributed by atoms with van der Waals surface area (Å²) in [6, 6.07) is 5.55. The predicted molar refractivity (Wildman–Crippen MR) is 136 cm³/mol. The minimum Gasteiger partial charge on any atom is -0.355 e. The van der Waals surface area contributed by atoms with Crippen LogP contribution in [0.4, 0.5) is 11.6 Å². The number of pyridine rings is 1. The van der Waals surface area contributed by atoms with Gasteiger partial charge in [0, 0.05) is 44.6 Å². The first kappa shape index (κ1) is 22.2. The lowest BCUT2D eigenvalue weighted by atomic mass is 9.99. The van der Waals surface area contributed by atoms with Gasteiger partial charge in [-0.25, -0.2) is 28.1 Å². The van der Waals surface area contributed by atoms with Crippen LogP contribution in [0, 0.1) is 0 Å². The van der Waals surface area contributed by atoms with Gasteiger partial charge in [0.05, 0.1) is 5.39 Å². The van der Waals surface area contributed by atoms with E-state index in [9.17, 15) is 8.42 Å². The summed E-state index contributed by atoms with van der Waals surface area (Å²) in [5.74, 6) is 1.69. The van der Waals surface area contributed by atoms with E-state index >= 15 is 0 Å². The SMILES string of the molecule is CN(c1ccc(S(=O)(=O)NC2CCC3=C2C=CCC3)cn1)[C@@H]1CCN(c2ncnc3[nH]ccc23)C1. The van der Waals surface area contributed by atoms with E-state index in [-0.39, 0.29) is 17.0 Å². The van der Waals surface area contributed by atoms with Gasteiger partial charge < -0.3 is 14.8 Å². The quantitative estimate of drug-likeness (QED) is 0.545. The van der Waals surface area contributed by atoms with Gasteiger partial charge >= 0.3 is 0 Å². The molecule has 6 rings (SSSR count). The molecule has 1 unspecified atom stereocenters. The molecule has 2 aliphatic carbocycles. The zero-order valence-electron chi connectivity index (χ0n) is 19.7. The maximum Gasteiger partial charge on any atom is 0.242 e. The molecule has 1 aliphatic heterocycles. The first-order chi connectivity index (χ1) is 17.0. The largest absolute Gasteiger partial charge is 0.355 e. The van der Waals surface area contributed by atoms with Crippen molar-refractivity contribution >= 4 is 32.7 Å². The minimum absolute atomic E-state index is 0.147. The number of anilines is 2. The summed E-state index contributed by atoms with van der Waals surface area (Å²) >= 11 is 0. The molecule has 3 aromatic heterocycles. The fourth-order valence-corrected chi connectivity index (χ4v) is 6.70. The Morgan fingerprint density at radius 3 is 2.91 bits per heavy atom. The van der Waals surface area contributed by atoms with Crippen molar-refractivity contribution in [2.75, 3.05) is 29.9 Å². The van der Waals surface area contributed by atoms with Gasteiger partial charge in [-0.15, -0.1) is 0 Å². The lowest BCUT2D eigenvalue weighted by Crippen LogP contribution is -2.36. The summed E-state index contributed by atoms with van der Waals surface area (Å²) in [6.07, 6.45) is 14.0. The molecule has 4 heterocycles. The molecule has 3 aliphatic rings. The lowest BCUT2D eigenvalue weighted by Gasteiger charge is -2.26. The van der Waals surface area contributed by atoms with Gasteiger partial charge in [0.1, 0.15) is 28.5 Å². The maximum absolute atomic E-state index is 13.1. The Kier molecular flexibility index (Phi) is 5.57. The molecule has 0 radical (unpaired) electrons. The number of fused-ring (bicyclic) bond motifs is 1. The zero-order valence-corrected chi connectivity index (χ0v) is 20.5. The Morgan fingerprint density at radius 2 is 2.06 bits per heavy atom. The molecule has 182 valence electrons. The number of allylic oxidation sites excluding steroid dienone is 2. The Labute approximate surface area is 205 Å². The van der Waals surface area contributed by atoms with Gasteiger partial charge in [-0.3, -0.25) is 0 Å². The number of likely N-dealkylation sites (N-methyl/N-ethyl adjacent to an activating group) is 1. The van der Waals surface area contributed by atoms with Crippen molar-refractivity contribution in [3.8, 4) is 0 Å². The summed E-state index contributed by atoms with van der Waals surface area (Å²) in [7, 11) is -1.63. The highest BCUT2D eigenvalue weighted by molar-refractivity contribution is 7.89. The van der Waals surface area contributed by atoms with Crippen molar-refractivity contribution in [1.29, 1.82) is 0 Å². The lowest BCUT2D eigenvalue weighted by molar-refractivity contribution is 0.565. The molecule has 0 saturated carbocycles. The Hall–Kier alpha value is -3.24. The van der Waals surface area contributed by atoms with E-state index in [1.54, 1.807) is 18.5 Å². The Morgan fingerprint density at radius 1 is 1.14 bits per heavy atom. The highest BCUT2D eigenvalue weighted by Gasteiger charge is 2.31. The second-order valence-corrected chi connectivity index (χ2v) is 11.2. The average Bonchev–Trinajstić information content (AvgIpc) is 3.63. The summed E-state index contributed by atoms with van der Waals surface area (Å²) < 4.78 is 29.0. The highest BCUT2D eigenvalue weighted by atomic mass is 32.2. The van der Waals surface area contributed by atoms with E-state index in [1.165, 1.54) is 11.8 Å². The number of rotatable bonds is 6. The van der Waals surface area contributed by atoms with Gasteiger partial charge in [0.25, 0.3) is 0 Å². The fraction of sp³-hybridized carbons (Fsp3) is 0.400. The van der Waals surface area contributed by atoms with Crippen LogP contribution in [0.1, 0.15) is 32.1 Å². The third-order valence-electron chi connectivity index (χ3n) is 7.46. The molecule has 0 bridgehead atoms. The van der Waals surface area contributed by atoms with E-state index < -0.39 is 10.0 Å². The molecular formula is C25H29N7O2S. The van der Waals surface area contributed by atoms with Crippen LogP contribution in [0.25, 0.3) is 11.0 Å². The molecule has 1 fully saturated rings. The van der Waals surface area contributed by atoms with Crippen molar-refractivity contribution in [2.45, 2.75) is 49.1 Å². The van der Waals surface area contributed by atoms with Crippen molar-refractivity contribution in [3.05, 3.63) is 60.2 Å². The molecule has 35 heavy (non-hydrogen) atoms. The van der Waals surface area contributed by atoms with Gasteiger partial charge in [-0.2, -0.15) is 0 Å². The molecule has 10 heteroatoms. The average molecular weight is 492 g/mol. The topological polar surface area (TPSA) is 107 Å². The molecule has 2 N–H and O–H groups in total. The standard InChI is InChI=1S/C25H29N7O2S/c1-31(18-11-13-32(15-18)25-21-10-12-26-24(21)28-16-29-25)23-9-7-19(14-27-23)35(33,34)30-22-8-6-17-4-2-3-5-20(17)22/h3,5,7,9-10,12,14,16,18,22,30H,2,4,6,8,11,13,15H2,1H3,(H,26,28,29)/t18-,22?/m1/s1. The number of aromatic nitrogens is 4. The molecule has 9 nitrogen and oxygen atoms in total. The van der Waals surface area contributed by atoms with Crippen LogP contribution in [-0.2, 0) is 10.0 Å². The monoisotopic (exact) mass is 491 g/mol. The van der Waals surface area contributed by atoms with E-state index in [0.717, 1.165) is 73.4 Å². The van der Waals surface area contributed by atoms with Gasteiger partial charge in [-0.05, 0) is 55.9 Å². The second-order valence-electron chi connectivity index (χ2n) is 9.50. The number of hydrogen-bond acceptors (Lipinski definition) is 7. The van der Waals surface area contributed by atoms with Gasteiger partial charge in [0.2, 0.25) is 10.0 Å². The van der Waals surface area contributed by atoms with E-state index in [0.29, 0.717) is 0 Å².